The minimum Gasteiger partial charge on any atom is -0.491 e. The van der Waals surface area contributed by atoms with Crippen LogP contribution < -0.4 is 14.8 Å². The van der Waals surface area contributed by atoms with Gasteiger partial charge < -0.3 is 23.9 Å². The molecule has 0 aliphatic rings. The lowest BCUT2D eigenvalue weighted by atomic mass is 10.2. The Labute approximate surface area is 168 Å². The molecule has 0 aliphatic heterocycles. The molecule has 1 atom stereocenters. The van der Waals surface area contributed by atoms with Crippen molar-refractivity contribution in [3.63, 3.8) is 0 Å². The molecule has 0 spiro atoms. The number of hydrogen-bond donors (Lipinski definition) is 1. The fourth-order valence-corrected chi connectivity index (χ4v) is 2.60. The number of carbonyl (C=O) groups excluding carboxylic acids is 2. The summed E-state index contributed by atoms with van der Waals surface area (Å²) in [5, 5.41) is 2.98. The van der Waals surface area contributed by atoms with Crippen LogP contribution >= 0.6 is 11.6 Å². The second-order valence-corrected chi connectivity index (χ2v) is 6.08. The van der Waals surface area contributed by atoms with E-state index in [4.69, 9.17) is 30.2 Å². The van der Waals surface area contributed by atoms with Crippen LogP contribution in [0.4, 0.5) is 0 Å². The van der Waals surface area contributed by atoms with Crippen LogP contribution in [0, 0.1) is 0 Å². The molecule has 1 N–H and O–H groups in total. The van der Waals surface area contributed by atoms with Crippen LogP contribution in [0.2, 0.25) is 5.02 Å². The predicted octanol–water partition coefficient (Wildman–Crippen LogP) is 3.60. The van der Waals surface area contributed by atoms with Crippen molar-refractivity contribution in [3.05, 3.63) is 53.0 Å². The van der Waals surface area contributed by atoms with Gasteiger partial charge >= 0.3 is 5.97 Å². The number of esters is 1. The molecule has 0 saturated heterocycles. The molecular formula is C20H22ClNO6. The molecule has 2 aromatic rings. The number of carbonyl (C=O) groups is 2. The Morgan fingerprint density at radius 2 is 2.14 bits per heavy atom. The Balaban J connectivity index is 1.94. The van der Waals surface area contributed by atoms with Crippen molar-refractivity contribution >= 4 is 29.6 Å². The van der Waals surface area contributed by atoms with E-state index in [1.165, 1.54) is 32.4 Å². The summed E-state index contributed by atoms with van der Waals surface area (Å²) < 4.78 is 20.9. The van der Waals surface area contributed by atoms with Gasteiger partial charge in [0.1, 0.15) is 5.76 Å². The van der Waals surface area contributed by atoms with Gasteiger partial charge in [-0.2, -0.15) is 0 Å². The number of nitrogens with one attached hydrogen (secondary N) is 1. The standard InChI is InChI=1S/C20H22ClNO6/c1-4-26-17-11-14(10-16(21)19(17)25-3)7-8-18(23)28-13(2)20(24)22-12-15-6-5-9-27-15/h5-11,13H,4,12H2,1-3H3,(H,22,24)/b8-7+/t13-/m0/s1. The summed E-state index contributed by atoms with van der Waals surface area (Å²) in [6, 6.07) is 6.78. The maximum Gasteiger partial charge on any atom is 0.331 e. The van der Waals surface area contributed by atoms with E-state index in [9.17, 15) is 9.59 Å². The Bertz CT molecular complexity index is 831. The third kappa shape index (κ3) is 6.06. The molecule has 0 bridgehead atoms. The van der Waals surface area contributed by atoms with E-state index in [0.29, 0.717) is 34.5 Å². The first kappa shape index (κ1) is 21.4. The number of hydrogen-bond acceptors (Lipinski definition) is 6. The Kier molecular flexibility index (Phi) is 7.95. The summed E-state index contributed by atoms with van der Waals surface area (Å²) in [5.41, 5.74) is 0.626. The van der Waals surface area contributed by atoms with Gasteiger partial charge in [-0.1, -0.05) is 11.6 Å². The van der Waals surface area contributed by atoms with Crippen molar-refractivity contribution in [2.45, 2.75) is 26.5 Å². The quantitative estimate of drug-likeness (QED) is 0.504. The van der Waals surface area contributed by atoms with Crippen molar-refractivity contribution in [1.82, 2.24) is 5.32 Å². The number of rotatable bonds is 9. The van der Waals surface area contributed by atoms with Gasteiger partial charge in [-0.05, 0) is 49.8 Å². The summed E-state index contributed by atoms with van der Waals surface area (Å²) in [4.78, 5) is 24.0. The Hall–Kier alpha value is -2.93. The number of amides is 1. The van der Waals surface area contributed by atoms with Crippen LogP contribution in [0.3, 0.4) is 0 Å². The van der Waals surface area contributed by atoms with Gasteiger partial charge in [-0.3, -0.25) is 4.79 Å². The van der Waals surface area contributed by atoms with E-state index < -0.39 is 18.0 Å². The molecule has 1 heterocycles. The molecule has 0 unspecified atom stereocenters. The van der Waals surface area contributed by atoms with Crippen LogP contribution in [0.25, 0.3) is 6.08 Å². The summed E-state index contributed by atoms with van der Waals surface area (Å²) >= 11 is 6.17. The lowest BCUT2D eigenvalue weighted by Crippen LogP contribution is -2.35. The van der Waals surface area contributed by atoms with Crippen molar-refractivity contribution < 1.29 is 28.2 Å². The van der Waals surface area contributed by atoms with Gasteiger partial charge in [-0.15, -0.1) is 0 Å². The first-order valence-electron chi connectivity index (χ1n) is 8.63. The highest BCUT2D eigenvalue weighted by atomic mass is 35.5. The summed E-state index contributed by atoms with van der Waals surface area (Å²) in [5.74, 6) is 0.407. The number of methoxy groups -OCH3 is 1. The third-order valence-electron chi connectivity index (χ3n) is 3.63. The molecule has 150 valence electrons. The molecule has 0 saturated carbocycles. The van der Waals surface area contributed by atoms with Crippen LogP contribution in [-0.2, 0) is 20.9 Å². The molecule has 0 aliphatic carbocycles. The predicted molar refractivity (Wildman–Crippen MR) is 104 cm³/mol. The maximum absolute atomic E-state index is 12.0. The molecule has 8 heteroatoms. The van der Waals surface area contributed by atoms with Gasteiger partial charge in [-0.25, -0.2) is 4.79 Å². The Morgan fingerprint density at radius 1 is 1.36 bits per heavy atom. The van der Waals surface area contributed by atoms with Crippen LogP contribution in [-0.4, -0.2) is 31.7 Å². The van der Waals surface area contributed by atoms with Crippen LogP contribution in [0.15, 0.2) is 41.0 Å². The largest absolute Gasteiger partial charge is 0.491 e. The van der Waals surface area contributed by atoms with E-state index >= 15 is 0 Å². The highest BCUT2D eigenvalue weighted by Crippen LogP contribution is 2.36. The Morgan fingerprint density at radius 3 is 2.79 bits per heavy atom. The minimum atomic E-state index is -0.953. The number of halogens is 1. The number of benzene rings is 1. The van der Waals surface area contributed by atoms with Gasteiger partial charge in [0.15, 0.2) is 17.6 Å². The van der Waals surface area contributed by atoms with Crippen molar-refractivity contribution in [3.8, 4) is 11.5 Å². The van der Waals surface area contributed by atoms with Gasteiger partial charge in [0.2, 0.25) is 0 Å². The molecule has 2 rings (SSSR count). The molecule has 1 aromatic heterocycles. The average molecular weight is 408 g/mol. The summed E-state index contributed by atoms with van der Waals surface area (Å²) in [7, 11) is 1.49. The highest BCUT2D eigenvalue weighted by molar-refractivity contribution is 6.32. The maximum atomic E-state index is 12.0. The average Bonchev–Trinajstić information content (AvgIpc) is 3.18. The normalized spacial score (nSPS) is 11.9. The molecule has 1 aromatic carbocycles. The van der Waals surface area contributed by atoms with E-state index in [1.54, 1.807) is 24.3 Å². The lowest BCUT2D eigenvalue weighted by Gasteiger charge is -2.12. The van der Waals surface area contributed by atoms with Crippen molar-refractivity contribution in [2.75, 3.05) is 13.7 Å². The van der Waals surface area contributed by atoms with E-state index in [1.807, 2.05) is 6.92 Å². The van der Waals surface area contributed by atoms with Crippen molar-refractivity contribution in [1.29, 1.82) is 0 Å². The fraction of sp³-hybridized carbons (Fsp3) is 0.300. The van der Waals surface area contributed by atoms with Gasteiger partial charge in [0.05, 0.1) is 31.5 Å². The smallest absolute Gasteiger partial charge is 0.331 e. The molecule has 0 fully saturated rings. The molecular weight excluding hydrogens is 386 g/mol. The molecule has 7 nitrogen and oxygen atoms in total. The SMILES string of the molecule is CCOc1cc(/C=C/C(=O)O[C@@H](C)C(=O)NCc2ccco2)cc(Cl)c1OC. The summed E-state index contributed by atoms with van der Waals surface area (Å²) in [6.07, 6.45) is 3.29. The van der Waals surface area contributed by atoms with Gasteiger partial charge in [0.25, 0.3) is 5.91 Å². The summed E-state index contributed by atoms with van der Waals surface area (Å²) in [6.45, 7) is 3.98. The highest BCUT2D eigenvalue weighted by Gasteiger charge is 2.17. The van der Waals surface area contributed by atoms with E-state index in [-0.39, 0.29) is 6.54 Å². The zero-order valence-electron chi connectivity index (χ0n) is 15.9. The van der Waals surface area contributed by atoms with E-state index in [2.05, 4.69) is 5.32 Å². The second kappa shape index (κ2) is 10.4. The van der Waals surface area contributed by atoms with Crippen LogP contribution in [0.5, 0.6) is 11.5 Å². The monoisotopic (exact) mass is 407 g/mol. The zero-order chi connectivity index (χ0) is 20.5. The molecule has 1 amide bonds. The third-order valence-corrected chi connectivity index (χ3v) is 3.91. The fourth-order valence-electron chi connectivity index (χ4n) is 2.31. The minimum absolute atomic E-state index is 0.216. The van der Waals surface area contributed by atoms with Gasteiger partial charge in [0, 0.05) is 6.08 Å². The second-order valence-electron chi connectivity index (χ2n) is 5.68. The van der Waals surface area contributed by atoms with Crippen molar-refractivity contribution in [2.24, 2.45) is 0 Å². The van der Waals surface area contributed by atoms with Crippen LogP contribution in [0.1, 0.15) is 25.2 Å². The number of ether oxygens (including phenoxy) is 3. The first-order valence-corrected chi connectivity index (χ1v) is 9.01. The lowest BCUT2D eigenvalue weighted by molar-refractivity contribution is -0.150. The molecule has 0 radical (unpaired) electrons. The first-order chi connectivity index (χ1) is 13.4. The topological polar surface area (TPSA) is 87.0 Å². The molecule has 28 heavy (non-hydrogen) atoms. The number of furan rings is 1. The zero-order valence-corrected chi connectivity index (χ0v) is 16.6. The van der Waals surface area contributed by atoms with E-state index in [0.717, 1.165) is 0 Å².